The fraction of sp³-hybridized carbons (Fsp3) is 0.750. The maximum atomic E-state index is 6.33. The fourth-order valence-electron chi connectivity index (χ4n) is 0.892. The zero-order chi connectivity index (χ0) is 10.2. The second-order valence-corrected chi connectivity index (χ2v) is 17.3. The third-order valence-corrected chi connectivity index (χ3v) is 8.61. The Labute approximate surface area is 87.4 Å². The Hall–Kier alpha value is 0.754. The van der Waals surface area contributed by atoms with E-state index in [-0.39, 0.29) is 0 Å². The van der Waals surface area contributed by atoms with Crippen LogP contribution in [0.25, 0.3) is 0 Å². The van der Waals surface area contributed by atoms with E-state index in [9.17, 15) is 0 Å². The van der Waals surface area contributed by atoms with Crippen LogP contribution in [0.3, 0.4) is 0 Å². The molecule has 0 fully saturated rings. The molecule has 0 aromatic carbocycles. The minimum Gasteiger partial charge on any atom is -0.162 e. The summed E-state index contributed by atoms with van der Waals surface area (Å²) in [5.41, 5.74) is 0. The molecule has 72 valence electrons. The molecule has 0 radical (unpaired) electrons. The normalized spacial score (nSPS) is 16.0. The first-order chi connectivity index (χ1) is 5.07. The molecular formula is C8H18Cl2Si2. The molecule has 0 saturated carbocycles. The Balaban J connectivity index is 4.96. The molecular weight excluding hydrogens is 223 g/mol. The smallest absolute Gasteiger partial charge is 0.162 e. The Morgan fingerprint density at radius 3 is 1.00 bits per heavy atom. The van der Waals surface area contributed by atoms with E-state index in [2.05, 4.69) is 40.0 Å². The van der Waals surface area contributed by atoms with Gasteiger partial charge in [-0.2, -0.15) is 22.2 Å². The minimum absolute atomic E-state index is 1.36. The van der Waals surface area contributed by atoms with Crippen LogP contribution < -0.4 is 0 Å². The van der Waals surface area contributed by atoms with Crippen molar-refractivity contribution in [1.82, 2.24) is 0 Å². The summed E-state index contributed by atoms with van der Waals surface area (Å²) >= 11 is 12.7. The highest BCUT2D eigenvalue weighted by Crippen LogP contribution is 2.28. The third kappa shape index (κ3) is 3.64. The second-order valence-electron chi connectivity index (χ2n) is 4.19. The summed E-state index contributed by atoms with van der Waals surface area (Å²) in [6.07, 6.45) is 0. The summed E-state index contributed by atoms with van der Waals surface area (Å²) in [4.78, 5) is 0. The van der Waals surface area contributed by atoms with E-state index in [1.54, 1.807) is 0 Å². The van der Waals surface area contributed by atoms with Crippen LogP contribution >= 0.6 is 22.2 Å². The van der Waals surface area contributed by atoms with Crippen LogP contribution in [0.4, 0.5) is 0 Å². The first-order valence-electron chi connectivity index (χ1n) is 4.13. The summed E-state index contributed by atoms with van der Waals surface area (Å²) < 4.78 is 0. The maximum Gasteiger partial charge on any atom is 0.176 e. The predicted octanol–water partition coefficient (Wildman–Crippen LogP) is 4.29. The van der Waals surface area contributed by atoms with Crippen LogP contribution in [0.1, 0.15) is 13.8 Å². The lowest BCUT2D eigenvalue weighted by Gasteiger charge is -2.23. The first-order valence-corrected chi connectivity index (χ1v) is 12.2. The van der Waals surface area contributed by atoms with Crippen LogP contribution in [0.2, 0.25) is 26.2 Å². The van der Waals surface area contributed by atoms with Crippen LogP contribution in [-0.2, 0) is 0 Å². The van der Waals surface area contributed by atoms with Crippen molar-refractivity contribution in [2.75, 3.05) is 0 Å². The van der Waals surface area contributed by atoms with Gasteiger partial charge in [0.1, 0.15) is 0 Å². The lowest BCUT2D eigenvalue weighted by Crippen LogP contribution is -2.28. The highest BCUT2D eigenvalue weighted by atomic mass is 35.6. The van der Waals surface area contributed by atoms with Gasteiger partial charge in [-0.15, -0.1) is 0 Å². The molecule has 0 spiro atoms. The van der Waals surface area contributed by atoms with Gasteiger partial charge in [0.05, 0.1) is 0 Å². The number of rotatable bonds is 2. The Kier molecular flexibility index (Phi) is 4.11. The molecule has 0 aliphatic heterocycles. The molecule has 0 N–H and O–H groups in total. The fourth-order valence-corrected chi connectivity index (χ4v) is 5.88. The molecule has 0 atom stereocenters. The molecule has 0 aromatic rings. The zero-order valence-electron chi connectivity index (χ0n) is 8.76. The van der Waals surface area contributed by atoms with Gasteiger partial charge in [0, 0.05) is 0 Å². The molecule has 0 saturated heterocycles. The van der Waals surface area contributed by atoms with E-state index in [0.717, 1.165) is 0 Å². The van der Waals surface area contributed by atoms with Crippen molar-refractivity contribution in [3.63, 3.8) is 0 Å². The number of allylic oxidation sites excluding steroid dienone is 2. The van der Waals surface area contributed by atoms with Gasteiger partial charge in [0.15, 0.2) is 14.8 Å². The van der Waals surface area contributed by atoms with E-state index >= 15 is 0 Å². The molecule has 0 bridgehead atoms. The van der Waals surface area contributed by atoms with Gasteiger partial charge in [-0.25, -0.2) is 0 Å². The first kappa shape index (κ1) is 12.8. The van der Waals surface area contributed by atoms with Crippen molar-refractivity contribution in [2.45, 2.75) is 40.0 Å². The maximum absolute atomic E-state index is 6.33. The standard InChI is InChI=1S/C8H18Cl2Si2/c1-7(11(3,4)9)8(2)12(5,6)10/h1-6H3. The van der Waals surface area contributed by atoms with Crippen LogP contribution in [-0.4, -0.2) is 14.8 Å². The molecule has 0 aromatic heterocycles. The second kappa shape index (κ2) is 3.86. The molecule has 12 heavy (non-hydrogen) atoms. The van der Waals surface area contributed by atoms with Gasteiger partial charge < -0.3 is 0 Å². The van der Waals surface area contributed by atoms with Gasteiger partial charge in [0.25, 0.3) is 0 Å². The zero-order valence-corrected chi connectivity index (χ0v) is 12.3. The van der Waals surface area contributed by atoms with Gasteiger partial charge >= 0.3 is 0 Å². The van der Waals surface area contributed by atoms with Crippen molar-refractivity contribution in [1.29, 1.82) is 0 Å². The van der Waals surface area contributed by atoms with E-state index in [1.165, 1.54) is 10.4 Å². The van der Waals surface area contributed by atoms with Gasteiger partial charge in [0.2, 0.25) is 0 Å². The summed E-state index contributed by atoms with van der Waals surface area (Å²) in [7, 11) is -3.26. The molecule has 0 aliphatic rings. The predicted molar refractivity (Wildman–Crippen MR) is 65.0 cm³/mol. The van der Waals surface area contributed by atoms with Crippen molar-refractivity contribution >= 4 is 36.9 Å². The molecule has 0 heterocycles. The highest BCUT2D eigenvalue weighted by molar-refractivity contribution is 7.26. The Morgan fingerprint density at radius 2 is 0.917 bits per heavy atom. The summed E-state index contributed by atoms with van der Waals surface area (Å²) in [5, 5.41) is 2.71. The highest BCUT2D eigenvalue weighted by Gasteiger charge is 2.28. The Bertz CT molecular complexity index is 174. The number of halogens is 2. The van der Waals surface area contributed by atoms with Crippen LogP contribution in [0.15, 0.2) is 10.4 Å². The summed E-state index contributed by atoms with van der Waals surface area (Å²) in [6.45, 7) is 12.8. The van der Waals surface area contributed by atoms with E-state index in [1.807, 2.05) is 0 Å². The quantitative estimate of drug-likeness (QED) is 0.500. The van der Waals surface area contributed by atoms with Gasteiger partial charge in [-0.1, -0.05) is 36.6 Å². The van der Waals surface area contributed by atoms with Crippen molar-refractivity contribution < 1.29 is 0 Å². The topological polar surface area (TPSA) is 0 Å². The molecule has 0 nitrogen and oxygen atoms in total. The third-order valence-electron chi connectivity index (χ3n) is 2.35. The van der Waals surface area contributed by atoms with Crippen molar-refractivity contribution in [3.05, 3.63) is 10.4 Å². The lowest BCUT2D eigenvalue weighted by molar-refractivity contribution is 1.45. The minimum atomic E-state index is -1.63. The molecule has 0 unspecified atom stereocenters. The van der Waals surface area contributed by atoms with E-state index in [4.69, 9.17) is 22.2 Å². The average Bonchev–Trinajstić information content (AvgIpc) is 1.80. The molecule has 0 amide bonds. The SMILES string of the molecule is CC(=C(C)[Si](C)(C)Cl)[Si](C)(C)Cl. The number of hydrogen-bond acceptors (Lipinski definition) is 0. The summed E-state index contributed by atoms with van der Waals surface area (Å²) in [5.74, 6) is 0. The van der Waals surface area contributed by atoms with Gasteiger partial charge in [-0.05, 0) is 13.8 Å². The Morgan fingerprint density at radius 1 is 0.750 bits per heavy atom. The molecule has 0 aliphatic carbocycles. The van der Waals surface area contributed by atoms with Gasteiger partial charge in [-0.3, -0.25) is 0 Å². The monoisotopic (exact) mass is 240 g/mol. The lowest BCUT2D eigenvalue weighted by atomic mass is 10.6. The van der Waals surface area contributed by atoms with Crippen molar-refractivity contribution in [3.8, 4) is 0 Å². The largest absolute Gasteiger partial charge is 0.176 e. The average molecular weight is 241 g/mol. The van der Waals surface area contributed by atoms with Crippen LogP contribution in [0, 0.1) is 0 Å². The molecule has 4 heteroatoms. The van der Waals surface area contributed by atoms with E-state index < -0.39 is 14.8 Å². The van der Waals surface area contributed by atoms with E-state index in [0.29, 0.717) is 0 Å². The molecule has 0 rings (SSSR count). The number of hydrogen-bond donors (Lipinski definition) is 0. The van der Waals surface area contributed by atoms with Crippen LogP contribution in [0.5, 0.6) is 0 Å². The van der Waals surface area contributed by atoms with Crippen molar-refractivity contribution in [2.24, 2.45) is 0 Å². The summed E-state index contributed by atoms with van der Waals surface area (Å²) in [6, 6.07) is 0.